The van der Waals surface area contributed by atoms with Gasteiger partial charge in [0.15, 0.2) is 5.76 Å². The third kappa shape index (κ3) is 4.27. The lowest BCUT2D eigenvalue weighted by Gasteiger charge is -2.30. The van der Waals surface area contributed by atoms with E-state index in [0.717, 1.165) is 19.3 Å². The Bertz CT molecular complexity index is 577. The zero-order chi connectivity index (χ0) is 17.9. The minimum absolute atomic E-state index is 0.0112. The molecule has 1 aromatic heterocycles. The van der Waals surface area contributed by atoms with Gasteiger partial charge in [-0.15, -0.1) is 0 Å². The Kier molecular flexibility index (Phi) is 5.85. The largest absolute Gasteiger partial charge is 0.359 e. The first-order valence-electron chi connectivity index (χ1n) is 8.57. The van der Waals surface area contributed by atoms with E-state index in [1.54, 1.807) is 14.0 Å². The van der Waals surface area contributed by atoms with E-state index < -0.39 is 0 Å². The first kappa shape index (κ1) is 18.3. The molecule has 1 saturated carbocycles. The molecule has 7 nitrogen and oxygen atoms in total. The Labute approximate surface area is 143 Å². The molecule has 2 atom stereocenters. The van der Waals surface area contributed by atoms with Gasteiger partial charge in [-0.2, -0.15) is 0 Å². The van der Waals surface area contributed by atoms with Gasteiger partial charge in [-0.05, 0) is 47.0 Å². The number of aromatic nitrogens is 1. The van der Waals surface area contributed by atoms with E-state index in [0.29, 0.717) is 23.6 Å². The molecule has 0 unspecified atom stereocenters. The maximum Gasteiger partial charge on any atom is 0.321 e. The van der Waals surface area contributed by atoms with Gasteiger partial charge in [0.2, 0.25) is 5.91 Å². The standard InChI is InChI=1S/C17H28N4O3/c1-10(2)18-16(22)13-7-6-8-14(9-13)19-17(23)21(5)15-11(3)20-24-12(15)4/h10,13-14H,6-9H2,1-5H3,(H,18,22)(H,19,23)/t13-,14-/m1/s1. The summed E-state index contributed by atoms with van der Waals surface area (Å²) >= 11 is 0. The first-order chi connectivity index (χ1) is 11.3. The monoisotopic (exact) mass is 336 g/mol. The number of rotatable bonds is 4. The molecular weight excluding hydrogens is 308 g/mol. The maximum atomic E-state index is 12.5. The Morgan fingerprint density at radius 1 is 1.29 bits per heavy atom. The molecule has 1 heterocycles. The van der Waals surface area contributed by atoms with Crippen molar-refractivity contribution in [2.75, 3.05) is 11.9 Å². The molecule has 7 heteroatoms. The van der Waals surface area contributed by atoms with E-state index in [2.05, 4.69) is 15.8 Å². The Balaban J connectivity index is 1.95. The first-order valence-corrected chi connectivity index (χ1v) is 8.57. The van der Waals surface area contributed by atoms with E-state index in [4.69, 9.17) is 4.52 Å². The topological polar surface area (TPSA) is 87.5 Å². The number of urea groups is 1. The fourth-order valence-corrected chi connectivity index (χ4v) is 3.29. The van der Waals surface area contributed by atoms with Gasteiger partial charge in [-0.25, -0.2) is 4.79 Å². The van der Waals surface area contributed by atoms with Gasteiger partial charge in [0.1, 0.15) is 11.4 Å². The molecule has 0 aromatic carbocycles. The van der Waals surface area contributed by atoms with Crippen molar-refractivity contribution in [1.29, 1.82) is 0 Å². The molecule has 1 aromatic rings. The van der Waals surface area contributed by atoms with Gasteiger partial charge in [-0.1, -0.05) is 11.6 Å². The molecule has 134 valence electrons. The van der Waals surface area contributed by atoms with Gasteiger partial charge in [0, 0.05) is 25.0 Å². The van der Waals surface area contributed by atoms with Crippen molar-refractivity contribution >= 4 is 17.6 Å². The van der Waals surface area contributed by atoms with Crippen LogP contribution in [0.2, 0.25) is 0 Å². The summed E-state index contributed by atoms with van der Waals surface area (Å²) < 4.78 is 5.12. The fraction of sp³-hybridized carbons (Fsp3) is 0.706. The third-order valence-corrected chi connectivity index (χ3v) is 4.44. The molecule has 0 bridgehead atoms. The predicted octanol–water partition coefficient (Wildman–Crippen LogP) is 2.52. The zero-order valence-corrected chi connectivity index (χ0v) is 15.2. The van der Waals surface area contributed by atoms with Crippen molar-refractivity contribution in [2.24, 2.45) is 5.92 Å². The molecule has 1 fully saturated rings. The average molecular weight is 336 g/mol. The second-order valence-corrected chi connectivity index (χ2v) is 6.91. The van der Waals surface area contributed by atoms with E-state index >= 15 is 0 Å². The van der Waals surface area contributed by atoms with Crippen LogP contribution >= 0.6 is 0 Å². The van der Waals surface area contributed by atoms with Gasteiger partial charge >= 0.3 is 6.03 Å². The highest BCUT2D eigenvalue weighted by molar-refractivity contribution is 5.92. The van der Waals surface area contributed by atoms with E-state index in [-0.39, 0.29) is 29.9 Å². The van der Waals surface area contributed by atoms with Crippen LogP contribution in [0.4, 0.5) is 10.5 Å². The lowest BCUT2D eigenvalue weighted by atomic mass is 9.85. The summed E-state index contributed by atoms with van der Waals surface area (Å²) in [5, 5.41) is 9.88. The number of amides is 3. The fourth-order valence-electron chi connectivity index (χ4n) is 3.29. The minimum Gasteiger partial charge on any atom is -0.359 e. The number of nitrogens with zero attached hydrogens (tertiary/aromatic N) is 2. The van der Waals surface area contributed by atoms with Crippen LogP contribution in [0, 0.1) is 19.8 Å². The molecule has 2 rings (SSSR count). The quantitative estimate of drug-likeness (QED) is 0.884. The average Bonchev–Trinajstić information content (AvgIpc) is 2.85. The highest BCUT2D eigenvalue weighted by atomic mass is 16.5. The molecule has 1 aliphatic rings. The summed E-state index contributed by atoms with van der Waals surface area (Å²) in [6.07, 6.45) is 3.40. The SMILES string of the molecule is Cc1noc(C)c1N(C)C(=O)N[C@@H]1CCC[C@@H](C(=O)NC(C)C)C1. The van der Waals surface area contributed by atoms with E-state index in [1.165, 1.54) is 4.90 Å². The van der Waals surface area contributed by atoms with Gasteiger partial charge in [-0.3, -0.25) is 9.69 Å². The molecule has 0 radical (unpaired) electrons. The van der Waals surface area contributed by atoms with Gasteiger partial charge in [0.05, 0.1) is 0 Å². The second kappa shape index (κ2) is 7.68. The predicted molar refractivity (Wildman–Crippen MR) is 91.9 cm³/mol. The van der Waals surface area contributed by atoms with Crippen LogP contribution in [-0.4, -0.2) is 36.2 Å². The number of carbonyl (C=O) groups excluding carboxylic acids is 2. The number of carbonyl (C=O) groups is 2. The number of anilines is 1. The molecule has 1 aliphatic carbocycles. The number of hydrogen-bond donors (Lipinski definition) is 2. The van der Waals surface area contributed by atoms with Crippen LogP contribution in [-0.2, 0) is 4.79 Å². The van der Waals surface area contributed by atoms with Gasteiger partial charge in [0.25, 0.3) is 0 Å². The van der Waals surface area contributed by atoms with Crippen LogP contribution in [0.25, 0.3) is 0 Å². The highest BCUT2D eigenvalue weighted by Gasteiger charge is 2.29. The zero-order valence-electron chi connectivity index (χ0n) is 15.2. The molecule has 24 heavy (non-hydrogen) atoms. The van der Waals surface area contributed by atoms with Crippen LogP contribution in [0.3, 0.4) is 0 Å². The lowest BCUT2D eigenvalue weighted by Crippen LogP contribution is -2.47. The summed E-state index contributed by atoms with van der Waals surface area (Å²) in [6.45, 7) is 7.51. The summed E-state index contributed by atoms with van der Waals surface area (Å²) in [6, 6.07) is -0.0467. The van der Waals surface area contributed by atoms with Crippen molar-refractivity contribution in [3.05, 3.63) is 11.5 Å². The van der Waals surface area contributed by atoms with Crippen molar-refractivity contribution in [1.82, 2.24) is 15.8 Å². The number of nitrogens with one attached hydrogen (secondary N) is 2. The smallest absolute Gasteiger partial charge is 0.321 e. The Hall–Kier alpha value is -2.05. The van der Waals surface area contributed by atoms with Crippen LogP contribution < -0.4 is 15.5 Å². The van der Waals surface area contributed by atoms with E-state index in [9.17, 15) is 9.59 Å². The van der Waals surface area contributed by atoms with Crippen molar-refractivity contribution in [3.63, 3.8) is 0 Å². The minimum atomic E-state index is -0.195. The van der Waals surface area contributed by atoms with E-state index in [1.807, 2.05) is 20.8 Å². The summed E-state index contributed by atoms with van der Waals surface area (Å²) in [4.78, 5) is 26.2. The summed E-state index contributed by atoms with van der Waals surface area (Å²) in [5.41, 5.74) is 1.38. The third-order valence-electron chi connectivity index (χ3n) is 4.44. The molecule has 3 amide bonds. The number of aryl methyl sites for hydroxylation is 2. The van der Waals surface area contributed by atoms with Crippen LogP contribution in [0.15, 0.2) is 4.52 Å². The Morgan fingerprint density at radius 2 is 2.00 bits per heavy atom. The molecule has 0 saturated heterocycles. The summed E-state index contributed by atoms with van der Waals surface area (Å²) in [7, 11) is 1.70. The van der Waals surface area contributed by atoms with Crippen molar-refractivity contribution in [3.8, 4) is 0 Å². The maximum absolute atomic E-state index is 12.5. The second-order valence-electron chi connectivity index (χ2n) is 6.91. The van der Waals surface area contributed by atoms with Crippen LogP contribution in [0.5, 0.6) is 0 Å². The molecular formula is C17H28N4O3. The van der Waals surface area contributed by atoms with Gasteiger partial charge < -0.3 is 15.2 Å². The summed E-state index contributed by atoms with van der Waals surface area (Å²) in [5.74, 6) is 0.668. The normalized spacial score (nSPS) is 20.8. The number of hydrogen-bond acceptors (Lipinski definition) is 4. The highest BCUT2D eigenvalue weighted by Crippen LogP contribution is 2.26. The molecule has 0 spiro atoms. The molecule has 2 N–H and O–H groups in total. The molecule has 0 aliphatic heterocycles. The van der Waals surface area contributed by atoms with Crippen molar-refractivity contribution in [2.45, 2.75) is 65.5 Å². The van der Waals surface area contributed by atoms with Crippen molar-refractivity contribution < 1.29 is 14.1 Å². The Morgan fingerprint density at radius 3 is 2.58 bits per heavy atom. The van der Waals surface area contributed by atoms with Crippen LogP contribution in [0.1, 0.15) is 51.0 Å². The lowest BCUT2D eigenvalue weighted by molar-refractivity contribution is -0.126.